The fraction of sp³-hybridized carbons (Fsp3) is 0.0182. The predicted octanol–water partition coefficient (Wildman–Crippen LogP) is 14.6. The Labute approximate surface area is 324 Å². The second kappa shape index (κ2) is 10.9. The quantitative estimate of drug-likeness (QED) is 0.174. The van der Waals surface area contributed by atoms with Crippen LogP contribution in [0.5, 0.6) is 11.5 Å². The van der Waals surface area contributed by atoms with Crippen molar-refractivity contribution in [1.82, 2.24) is 0 Å². The van der Waals surface area contributed by atoms with Gasteiger partial charge in [0.05, 0.1) is 5.41 Å². The van der Waals surface area contributed by atoms with E-state index in [0.29, 0.717) is 0 Å². The standard InChI is InChI=1S/C55H32O/c1-2-11-35-30-38(23-22-33(35)10-1)39-16-9-18-45-40(39)27-28-46-43-26-24-37(36-25-29-51-47(31-36)44-17-7-12-34-13-8-21-52(56-51)53(34)44)32-50(43)55(54(45)46)48-19-5-3-14-41(48)42-15-4-6-20-49(42)55/h1-32H. The summed E-state index contributed by atoms with van der Waals surface area (Å²) in [7, 11) is 0. The lowest BCUT2D eigenvalue weighted by atomic mass is 9.69. The van der Waals surface area contributed by atoms with Gasteiger partial charge in [-0.15, -0.1) is 0 Å². The van der Waals surface area contributed by atoms with Gasteiger partial charge >= 0.3 is 0 Å². The van der Waals surface area contributed by atoms with E-state index in [4.69, 9.17) is 4.74 Å². The number of ether oxygens (including phenoxy) is 1. The minimum atomic E-state index is -0.489. The van der Waals surface area contributed by atoms with Gasteiger partial charge in [-0.05, 0) is 130 Å². The van der Waals surface area contributed by atoms with Crippen molar-refractivity contribution in [3.05, 3.63) is 216 Å². The van der Waals surface area contributed by atoms with Gasteiger partial charge in [-0.1, -0.05) is 164 Å². The van der Waals surface area contributed by atoms with Crippen molar-refractivity contribution in [1.29, 1.82) is 0 Å². The minimum absolute atomic E-state index is 0.489. The summed E-state index contributed by atoms with van der Waals surface area (Å²) in [4.78, 5) is 0. The van der Waals surface area contributed by atoms with E-state index >= 15 is 0 Å². The van der Waals surface area contributed by atoms with E-state index in [1.54, 1.807) is 0 Å². The molecule has 1 heterocycles. The zero-order valence-electron chi connectivity index (χ0n) is 30.4. The fourth-order valence-electron chi connectivity index (χ4n) is 10.5. The molecule has 0 amide bonds. The lowest BCUT2D eigenvalue weighted by Gasteiger charge is -2.32. The molecular weight excluding hydrogens is 677 g/mol. The first-order valence-electron chi connectivity index (χ1n) is 19.5. The van der Waals surface area contributed by atoms with Gasteiger partial charge in [-0.3, -0.25) is 0 Å². The van der Waals surface area contributed by atoms with E-state index in [-0.39, 0.29) is 0 Å². The van der Waals surface area contributed by atoms with E-state index in [1.165, 1.54) is 105 Å². The molecule has 0 saturated carbocycles. The maximum atomic E-state index is 6.51. The summed E-state index contributed by atoms with van der Waals surface area (Å²) in [5, 5.41) is 7.47. The normalized spacial score (nSPS) is 13.6. The molecule has 1 aliphatic heterocycles. The van der Waals surface area contributed by atoms with Crippen molar-refractivity contribution >= 4 is 32.3 Å². The summed E-state index contributed by atoms with van der Waals surface area (Å²) in [6.07, 6.45) is 0. The Morgan fingerprint density at radius 2 is 0.929 bits per heavy atom. The van der Waals surface area contributed by atoms with Crippen LogP contribution in [0.4, 0.5) is 0 Å². The Morgan fingerprint density at radius 1 is 0.304 bits per heavy atom. The van der Waals surface area contributed by atoms with Crippen molar-refractivity contribution in [2.75, 3.05) is 0 Å². The van der Waals surface area contributed by atoms with Crippen molar-refractivity contribution < 1.29 is 4.74 Å². The van der Waals surface area contributed by atoms with Crippen LogP contribution in [-0.4, -0.2) is 0 Å². The number of fused-ring (bicyclic) bond motifs is 15. The van der Waals surface area contributed by atoms with E-state index < -0.39 is 5.41 Å². The highest BCUT2D eigenvalue weighted by atomic mass is 16.5. The summed E-state index contributed by atoms with van der Waals surface area (Å²) in [5.74, 6) is 1.82. The number of benzene rings is 10. The molecule has 0 radical (unpaired) electrons. The molecule has 0 saturated heterocycles. The molecule has 3 aliphatic rings. The molecule has 56 heavy (non-hydrogen) atoms. The third-order valence-corrected chi connectivity index (χ3v) is 12.9. The molecule has 1 heteroatoms. The Bertz CT molecular complexity index is 3300. The van der Waals surface area contributed by atoms with Crippen LogP contribution in [0.2, 0.25) is 0 Å². The van der Waals surface area contributed by atoms with Crippen LogP contribution < -0.4 is 4.74 Å². The second-order valence-corrected chi connectivity index (χ2v) is 15.5. The highest BCUT2D eigenvalue weighted by molar-refractivity contribution is 6.09. The zero-order chi connectivity index (χ0) is 36.5. The van der Waals surface area contributed by atoms with E-state index in [1.807, 2.05) is 0 Å². The lowest BCUT2D eigenvalue weighted by molar-refractivity contribution is 0.487. The Hall–Kier alpha value is -7.22. The van der Waals surface area contributed by atoms with Crippen LogP contribution in [0.25, 0.3) is 88.0 Å². The molecule has 2 aliphatic carbocycles. The Morgan fingerprint density at radius 3 is 1.79 bits per heavy atom. The molecule has 0 N–H and O–H groups in total. The van der Waals surface area contributed by atoms with Crippen LogP contribution in [0.1, 0.15) is 22.3 Å². The maximum absolute atomic E-state index is 6.51. The maximum Gasteiger partial charge on any atom is 0.135 e. The summed E-state index contributed by atoms with van der Waals surface area (Å²) >= 11 is 0. The van der Waals surface area contributed by atoms with E-state index in [0.717, 1.165) is 17.1 Å². The van der Waals surface area contributed by atoms with Crippen LogP contribution in [0, 0.1) is 0 Å². The van der Waals surface area contributed by atoms with Gasteiger partial charge in [0.15, 0.2) is 0 Å². The van der Waals surface area contributed by atoms with Gasteiger partial charge in [0.25, 0.3) is 0 Å². The predicted molar refractivity (Wildman–Crippen MR) is 232 cm³/mol. The molecule has 0 aromatic heterocycles. The van der Waals surface area contributed by atoms with Gasteiger partial charge in [-0.2, -0.15) is 0 Å². The van der Waals surface area contributed by atoms with Crippen molar-refractivity contribution in [3.63, 3.8) is 0 Å². The molecule has 0 bridgehead atoms. The zero-order valence-corrected chi connectivity index (χ0v) is 30.4. The summed E-state index contributed by atoms with van der Waals surface area (Å²) < 4.78 is 6.51. The second-order valence-electron chi connectivity index (χ2n) is 15.5. The average Bonchev–Trinajstić information content (AvgIpc) is 3.73. The molecule has 258 valence electrons. The SMILES string of the molecule is c1ccc2c(c1)-c1ccccc1C21c2cc(-c3ccc4c(c3)-c3cccc5cccc(c35)O4)ccc2-c2ccc3c(-c4ccc5ccccc5c4)cccc3c21. The summed E-state index contributed by atoms with van der Waals surface area (Å²) in [6.45, 7) is 0. The van der Waals surface area contributed by atoms with Crippen LogP contribution >= 0.6 is 0 Å². The third kappa shape index (κ3) is 3.84. The largest absolute Gasteiger partial charge is 0.456 e. The third-order valence-electron chi connectivity index (χ3n) is 12.9. The molecule has 0 unspecified atom stereocenters. The molecule has 1 nitrogen and oxygen atoms in total. The molecule has 0 fully saturated rings. The molecule has 1 spiro atoms. The first kappa shape index (κ1) is 30.1. The van der Waals surface area contributed by atoms with Gasteiger partial charge in [0.1, 0.15) is 11.5 Å². The molecular formula is C55H32O. The molecule has 13 rings (SSSR count). The highest BCUT2D eigenvalue weighted by Gasteiger charge is 2.52. The number of hydrogen-bond acceptors (Lipinski definition) is 1. The number of rotatable bonds is 2. The topological polar surface area (TPSA) is 9.23 Å². The van der Waals surface area contributed by atoms with E-state index in [2.05, 4.69) is 194 Å². The molecule has 10 aromatic carbocycles. The van der Waals surface area contributed by atoms with Gasteiger partial charge in [0, 0.05) is 10.9 Å². The molecule has 0 atom stereocenters. The number of hydrogen-bond donors (Lipinski definition) is 0. The van der Waals surface area contributed by atoms with Gasteiger partial charge in [0.2, 0.25) is 0 Å². The highest BCUT2D eigenvalue weighted by Crippen LogP contribution is 2.64. The van der Waals surface area contributed by atoms with Crippen molar-refractivity contribution in [2.24, 2.45) is 0 Å². The monoisotopic (exact) mass is 708 g/mol. The first-order valence-corrected chi connectivity index (χ1v) is 19.5. The Balaban J connectivity index is 1.07. The lowest BCUT2D eigenvalue weighted by Crippen LogP contribution is -2.26. The van der Waals surface area contributed by atoms with Crippen LogP contribution in [0.3, 0.4) is 0 Å². The minimum Gasteiger partial charge on any atom is -0.456 e. The summed E-state index contributed by atoms with van der Waals surface area (Å²) in [6, 6.07) is 72.2. The average molecular weight is 709 g/mol. The Kier molecular flexibility index (Phi) is 5.89. The molecule has 10 aromatic rings. The van der Waals surface area contributed by atoms with E-state index in [9.17, 15) is 0 Å². The van der Waals surface area contributed by atoms with Crippen molar-refractivity contribution in [3.8, 4) is 67.1 Å². The van der Waals surface area contributed by atoms with Gasteiger partial charge < -0.3 is 4.74 Å². The van der Waals surface area contributed by atoms with Crippen molar-refractivity contribution in [2.45, 2.75) is 5.41 Å². The smallest absolute Gasteiger partial charge is 0.135 e. The van der Waals surface area contributed by atoms with Crippen LogP contribution in [0.15, 0.2) is 194 Å². The van der Waals surface area contributed by atoms with Crippen LogP contribution in [-0.2, 0) is 5.41 Å². The van der Waals surface area contributed by atoms with Gasteiger partial charge in [-0.25, -0.2) is 0 Å². The first-order chi connectivity index (χ1) is 27.8. The fourth-order valence-corrected chi connectivity index (χ4v) is 10.5. The summed E-state index contributed by atoms with van der Waals surface area (Å²) in [5.41, 5.74) is 17.4.